The molecule has 6 heterocycles. The summed E-state index contributed by atoms with van der Waals surface area (Å²) in [5.74, 6) is -1.06. The second-order valence-corrected chi connectivity index (χ2v) is 25.0. The molecule has 0 bridgehead atoms. The number of aliphatic imine (C=N–C) groups is 1. The quantitative estimate of drug-likeness (QED) is 0.0636. The second-order valence-electron chi connectivity index (χ2n) is 24.2. The average Bonchev–Trinajstić information content (AvgIpc) is 4.13. The zero-order chi connectivity index (χ0) is 56.7. The molecule has 8 rings (SSSR count). The number of nitrogens with zero attached hydrogens (tertiary/aromatic N) is 6. The zero-order valence-electron chi connectivity index (χ0n) is 47.7. The van der Waals surface area contributed by atoms with Crippen molar-refractivity contribution in [1.29, 1.82) is 0 Å². The van der Waals surface area contributed by atoms with Gasteiger partial charge >= 0.3 is 0 Å². The number of piperidine rings is 2. The first-order valence-corrected chi connectivity index (χ1v) is 29.4. The number of amides is 5. The smallest absolute Gasteiger partial charge is 0.246 e. The van der Waals surface area contributed by atoms with Crippen LogP contribution < -0.4 is 36.8 Å². The summed E-state index contributed by atoms with van der Waals surface area (Å²) in [6, 6.07) is 8.95. The van der Waals surface area contributed by atoms with Crippen molar-refractivity contribution in [3.8, 4) is 10.4 Å². The molecular weight excluding hydrogens is 1030 g/mol. The number of halogens is 2. The normalized spacial score (nSPS) is 22.1. The Morgan fingerprint density at radius 1 is 0.911 bits per heavy atom. The number of likely N-dealkylation sites (tertiary alicyclic amines) is 3. The number of hydrogen-bond acceptors (Lipinski definition) is 13. The van der Waals surface area contributed by atoms with Crippen LogP contribution in [0.1, 0.15) is 141 Å². The van der Waals surface area contributed by atoms with Crippen LogP contribution in [0.5, 0.6) is 0 Å². The summed E-state index contributed by atoms with van der Waals surface area (Å²) in [7, 11) is 1.85. The minimum Gasteiger partial charge on any atom is -0.375 e. The highest BCUT2D eigenvalue weighted by atomic mass is 32.1. The van der Waals surface area contributed by atoms with Crippen molar-refractivity contribution in [1.82, 2.24) is 51.6 Å². The Hall–Kier alpha value is -5.99. The SMILES string of the molecule is CNC1=CC(C)(N2CCC3(CC2)CN(c2cc(F)c(CN4CCC(C)(C(=O)NCCCCCCCC(=O)N[C@H](C(=O)N5CCC[C@H]5C(=O)N[C@@H](C)c5ccc(-c6scnc6C)cc5)C(C)(C)C)CC4)cc2F)CC(=O)N3)N=CN1. The van der Waals surface area contributed by atoms with Gasteiger partial charge in [-0.3, -0.25) is 33.8 Å². The van der Waals surface area contributed by atoms with E-state index in [1.54, 1.807) is 27.5 Å². The first-order chi connectivity index (χ1) is 37.6. The lowest BCUT2D eigenvalue weighted by Crippen LogP contribution is -2.67. The van der Waals surface area contributed by atoms with Gasteiger partial charge in [0.1, 0.15) is 35.2 Å². The largest absolute Gasteiger partial charge is 0.375 e. The number of aryl methyl sites for hydroxylation is 1. The van der Waals surface area contributed by atoms with Crippen LogP contribution in [0, 0.1) is 29.4 Å². The molecule has 0 saturated carbocycles. The van der Waals surface area contributed by atoms with Gasteiger partial charge in [-0.1, -0.05) is 71.2 Å². The van der Waals surface area contributed by atoms with Gasteiger partial charge in [0.15, 0.2) is 0 Å². The number of carbonyl (C=O) groups is 5. The fraction of sp³-hybridized carbons (Fsp3) is 0.610. The average molecular weight is 1110 g/mol. The Morgan fingerprint density at radius 2 is 1.62 bits per heavy atom. The molecule has 5 aliphatic heterocycles. The van der Waals surface area contributed by atoms with E-state index in [9.17, 15) is 24.0 Å². The fourth-order valence-electron chi connectivity index (χ4n) is 11.9. The number of rotatable bonds is 20. The highest BCUT2D eigenvalue weighted by Gasteiger charge is 2.46. The lowest BCUT2D eigenvalue weighted by atomic mass is 9.79. The first-order valence-electron chi connectivity index (χ1n) is 28.5. The molecule has 4 atom stereocenters. The van der Waals surface area contributed by atoms with Crippen molar-refractivity contribution in [2.75, 3.05) is 64.3 Å². The summed E-state index contributed by atoms with van der Waals surface area (Å²) in [5, 5.41) is 18.7. The molecule has 5 aliphatic rings. The fourth-order valence-corrected chi connectivity index (χ4v) is 12.7. The highest BCUT2D eigenvalue weighted by molar-refractivity contribution is 7.13. The molecule has 79 heavy (non-hydrogen) atoms. The number of anilines is 1. The molecule has 6 N–H and O–H groups in total. The highest BCUT2D eigenvalue weighted by Crippen LogP contribution is 2.37. The van der Waals surface area contributed by atoms with Crippen molar-refractivity contribution in [2.45, 2.75) is 161 Å². The number of benzene rings is 2. The van der Waals surface area contributed by atoms with Gasteiger partial charge < -0.3 is 41.7 Å². The van der Waals surface area contributed by atoms with Crippen molar-refractivity contribution in [3.63, 3.8) is 0 Å². The summed E-state index contributed by atoms with van der Waals surface area (Å²) >= 11 is 1.60. The Balaban J connectivity index is 0.713. The standard InChI is InChI=1S/C59H84F2N12O5S/c1-39(41-17-19-42(20-18-41)51-40(2)65-38-79-51)67-53(76)46-15-14-26-73(46)54(77)52(56(3,4)5)68-49(74)16-12-10-9-11-13-25-63-55(78)57(6)21-27-70(28-22-57)34-43-31-45(61)47(32-44(43)60)71-35-50(75)69-59(36-71)23-29-72(30-24-59)58(7)33-48(62-8)64-37-66-58/h17-20,31-33,37-39,46,52,62H,9-16,21-30,34-36H2,1-8H3,(H,63,78)(H,64,66)(H,67,76)(H,68,74)(H,69,75)/t39-,46-,52+,58?/m0/s1. The number of hydrogen-bond donors (Lipinski definition) is 6. The van der Waals surface area contributed by atoms with Crippen LogP contribution in [0.4, 0.5) is 14.5 Å². The third-order valence-corrected chi connectivity index (χ3v) is 18.1. The Bertz CT molecular complexity index is 2730. The number of nitrogens with one attached hydrogen (secondary N) is 6. The van der Waals surface area contributed by atoms with Gasteiger partial charge in [-0.2, -0.15) is 0 Å². The Morgan fingerprint density at radius 3 is 2.30 bits per heavy atom. The predicted octanol–water partition coefficient (Wildman–Crippen LogP) is 7.03. The van der Waals surface area contributed by atoms with Gasteiger partial charge in [-0.25, -0.2) is 18.8 Å². The van der Waals surface area contributed by atoms with Gasteiger partial charge in [0.25, 0.3) is 0 Å². The van der Waals surface area contributed by atoms with E-state index >= 15 is 8.78 Å². The van der Waals surface area contributed by atoms with E-state index in [2.05, 4.69) is 51.7 Å². The molecule has 5 amide bonds. The Labute approximate surface area is 469 Å². The monoisotopic (exact) mass is 1110 g/mol. The maximum Gasteiger partial charge on any atom is 0.246 e. The van der Waals surface area contributed by atoms with Crippen molar-refractivity contribution < 1.29 is 32.8 Å². The number of thiazole rings is 1. The molecule has 1 spiro atoms. The van der Waals surface area contributed by atoms with E-state index in [4.69, 9.17) is 0 Å². The molecule has 0 radical (unpaired) electrons. The van der Waals surface area contributed by atoms with Gasteiger partial charge in [-0.05, 0) is 114 Å². The summed E-state index contributed by atoms with van der Waals surface area (Å²) in [4.78, 5) is 85.4. The third kappa shape index (κ3) is 14.3. The maximum absolute atomic E-state index is 15.9. The summed E-state index contributed by atoms with van der Waals surface area (Å²) in [6.07, 6.45) is 11.8. The van der Waals surface area contributed by atoms with Crippen LogP contribution in [0.2, 0.25) is 0 Å². The molecule has 1 aromatic heterocycles. The van der Waals surface area contributed by atoms with E-state index < -0.39 is 45.7 Å². The molecule has 1 unspecified atom stereocenters. The summed E-state index contributed by atoms with van der Waals surface area (Å²) < 4.78 is 31.8. The van der Waals surface area contributed by atoms with Gasteiger partial charge in [0.05, 0.1) is 46.2 Å². The molecule has 0 aliphatic carbocycles. The predicted molar refractivity (Wildman–Crippen MR) is 306 cm³/mol. The van der Waals surface area contributed by atoms with Crippen LogP contribution in [-0.4, -0.2) is 138 Å². The van der Waals surface area contributed by atoms with Crippen LogP contribution in [0.3, 0.4) is 0 Å². The third-order valence-electron chi connectivity index (χ3n) is 17.1. The topological polar surface area (TPSA) is 196 Å². The lowest BCUT2D eigenvalue weighted by Gasteiger charge is -2.51. The van der Waals surface area contributed by atoms with Gasteiger partial charge in [0.2, 0.25) is 29.5 Å². The number of carbonyl (C=O) groups excluding carboxylic acids is 5. The van der Waals surface area contributed by atoms with Crippen LogP contribution >= 0.6 is 11.3 Å². The number of unbranched alkanes of at least 4 members (excludes halogenated alkanes) is 4. The molecule has 2 aromatic carbocycles. The van der Waals surface area contributed by atoms with Crippen molar-refractivity contribution in [2.24, 2.45) is 15.8 Å². The van der Waals surface area contributed by atoms with Crippen molar-refractivity contribution >= 4 is 52.9 Å². The van der Waals surface area contributed by atoms with E-state index in [1.165, 1.54) is 12.1 Å². The molecular formula is C59H84F2N12O5S. The van der Waals surface area contributed by atoms with Gasteiger partial charge in [-0.15, -0.1) is 11.3 Å². The van der Waals surface area contributed by atoms with Gasteiger partial charge in [0, 0.05) is 69.8 Å². The molecule has 4 saturated heterocycles. The first kappa shape index (κ1) is 59.1. The van der Waals surface area contributed by atoms with Crippen LogP contribution in [0.25, 0.3) is 10.4 Å². The second kappa shape index (κ2) is 25.2. The summed E-state index contributed by atoms with van der Waals surface area (Å²) in [5.41, 5.74) is 2.92. The van der Waals surface area contributed by atoms with E-state index in [-0.39, 0.29) is 66.3 Å². The molecule has 20 heteroatoms. The number of aromatic nitrogens is 1. The molecule has 3 aromatic rings. The minimum absolute atomic E-state index is 0.00396. The minimum atomic E-state index is -0.784. The molecule has 430 valence electrons. The lowest BCUT2D eigenvalue weighted by molar-refractivity contribution is -0.144. The van der Waals surface area contributed by atoms with Crippen molar-refractivity contribution in [3.05, 3.63) is 82.3 Å². The summed E-state index contributed by atoms with van der Waals surface area (Å²) in [6.45, 7) is 17.7. The zero-order valence-corrected chi connectivity index (χ0v) is 48.5. The van der Waals surface area contributed by atoms with E-state index in [1.807, 2.05) is 91.4 Å². The molecule has 17 nitrogen and oxygen atoms in total. The number of piperazine rings is 1. The Kier molecular flexibility index (Phi) is 18.9. The molecule has 4 fully saturated rings. The van der Waals surface area contributed by atoms with Crippen LogP contribution in [-0.2, 0) is 30.5 Å². The van der Waals surface area contributed by atoms with E-state index in [0.717, 1.165) is 53.2 Å². The maximum atomic E-state index is 15.9. The van der Waals surface area contributed by atoms with Crippen LogP contribution in [0.15, 0.2) is 58.8 Å². The van der Waals surface area contributed by atoms with E-state index in [0.29, 0.717) is 90.8 Å².